The van der Waals surface area contributed by atoms with Gasteiger partial charge in [-0.2, -0.15) is 0 Å². The molecule has 348 valence electrons. The third kappa shape index (κ3) is 26.3. The van der Waals surface area contributed by atoms with Crippen LogP contribution in [0.3, 0.4) is 0 Å². The summed E-state index contributed by atoms with van der Waals surface area (Å²) in [7, 11) is 0. The molecule has 62 heavy (non-hydrogen) atoms. The molecule has 0 saturated heterocycles. The van der Waals surface area contributed by atoms with Gasteiger partial charge in [0, 0.05) is 37.0 Å². The van der Waals surface area contributed by atoms with Gasteiger partial charge in [0.2, 0.25) is 11.7 Å². The SMILES string of the molecule is C=C(C)C(=O)[C@@H]([NH3+])CC(C)C.C=C(C)C(=O)[C@H](CC(C)C)NC(=O)[C@@H](CC(=O)[C@@H](C)CC(C)C)Cc1ccccc1.CC(C)C[C@H](C)C(=O)C[C@@H](Cc1ccccc1)C(=O)O.[Cl-]. The van der Waals surface area contributed by atoms with Crippen LogP contribution in [0.25, 0.3) is 0 Å². The number of carboxylic acid groups (broad SMARTS) is 1. The second-order valence-electron chi connectivity index (χ2n) is 18.8. The van der Waals surface area contributed by atoms with Crippen molar-refractivity contribution in [2.45, 2.75) is 147 Å². The molecule has 0 saturated carbocycles. The lowest BCUT2D eigenvalue weighted by atomic mass is 9.86. The molecule has 0 bridgehead atoms. The molecule has 9 nitrogen and oxygen atoms in total. The number of nitrogens with one attached hydrogen (secondary N) is 1. The zero-order valence-electron chi connectivity index (χ0n) is 40.1. The maximum Gasteiger partial charge on any atom is 0.307 e. The standard InChI is InChI=1S/C26H39NO3.C17H24O3.C9H17NO.ClH/c1-17(2)13-20(7)24(28)16-22(15-21-11-9-8-10-12-21)26(30)27-23(14-18(3)4)25(29)19(5)6;1-12(2)9-13(3)16(18)11-15(17(19)20)10-14-7-5-4-6-8-14;1-6(2)5-8(10)9(11)7(3)4;/h8-12,17-18,20,22-23H,5,13-16H2,1-4,6-7H3,(H,27,30);4-8,12-13,15H,9-11H2,1-3H3,(H,19,20);6,8H,3,5,10H2,1-2,4H3;1H/t20-,22+,23-;13-,15+;8-;/m000./s1. The Labute approximate surface area is 381 Å². The Hall–Kier alpha value is -4.21. The van der Waals surface area contributed by atoms with Gasteiger partial charge in [0.25, 0.3) is 0 Å². The molecule has 5 N–H and O–H groups in total. The number of aliphatic carboxylic acids is 1. The van der Waals surface area contributed by atoms with Crippen molar-refractivity contribution in [3.63, 3.8) is 0 Å². The first-order valence-corrected chi connectivity index (χ1v) is 22.2. The number of carbonyl (C=O) groups is 6. The predicted molar refractivity (Wildman–Crippen MR) is 249 cm³/mol. The van der Waals surface area contributed by atoms with Crippen molar-refractivity contribution >= 4 is 35.0 Å². The average Bonchev–Trinajstić information content (AvgIpc) is 3.16. The summed E-state index contributed by atoms with van der Waals surface area (Å²) in [6.07, 6.45) is 4.22. The minimum absolute atomic E-state index is 0. The Morgan fingerprint density at radius 3 is 1.26 bits per heavy atom. The molecule has 2 aromatic rings. The second-order valence-corrected chi connectivity index (χ2v) is 18.8. The molecular formula is C52H81ClN2O7. The molecule has 0 aliphatic rings. The Morgan fingerprint density at radius 1 is 0.565 bits per heavy atom. The van der Waals surface area contributed by atoms with Crippen LogP contribution >= 0.6 is 0 Å². The summed E-state index contributed by atoms with van der Waals surface area (Å²) in [6, 6.07) is 18.5. The van der Waals surface area contributed by atoms with Gasteiger partial charge in [0.05, 0.1) is 12.0 Å². The van der Waals surface area contributed by atoms with Gasteiger partial charge in [0.1, 0.15) is 17.6 Å². The molecule has 10 heteroatoms. The fourth-order valence-electron chi connectivity index (χ4n) is 7.18. The van der Waals surface area contributed by atoms with Gasteiger partial charge in [-0.15, -0.1) is 0 Å². The van der Waals surface area contributed by atoms with Gasteiger partial charge >= 0.3 is 5.97 Å². The molecule has 0 aromatic heterocycles. The van der Waals surface area contributed by atoms with E-state index in [0.717, 1.165) is 30.4 Å². The van der Waals surface area contributed by atoms with Gasteiger partial charge in [0.15, 0.2) is 5.78 Å². The lowest BCUT2D eigenvalue weighted by Gasteiger charge is -2.24. The smallest absolute Gasteiger partial charge is 0.307 e. The van der Waals surface area contributed by atoms with E-state index in [1.165, 1.54) is 0 Å². The summed E-state index contributed by atoms with van der Waals surface area (Å²) < 4.78 is 0. The zero-order valence-corrected chi connectivity index (χ0v) is 40.9. The van der Waals surface area contributed by atoms with Crippen molar-refractivity contribution in [2.24, 2.45) is 47.3 Å². The molecule has 0 unspecified atom stereocenters. The van der Waals surface area contributed by atoms with Crippen LogP contribution in [0.2, 0.25) is 0 Å². The lowest BCUT2D eigenvalue weighted by molar-refractivity contribution is -0.405. The van der Waals surface area contributed by atoms with Gasteiger partial charge in [-0.25, -0.2) is 0 Å². The molecule has 0 fully saturated rings. The highest BCUT2D eigenvalue weighted by molar-refractivity contribution is 6.01. The van der Waals surface area contributed by atoms with Crippen LogP contribution < -0.4 is 23.5 Å². The number of halogens is 1. The average molecular weight is 882 g/mol. The molecule has 6 atom stereocenters. The number of hydrogen-bond donors (Lipinski definition) is 3. The lowest BCUT2D eigenvalue weighted by Crippen LogP contribution is -3.00. The Bertz CT molecular complexity index is 1690. The van der Waals surface area contributed by atoms with Crippen molar-refractivity contribution in [3.8, 4) is 0 Å². The maximum atomic E-state index is 13.2. The zero-order chi connectivity index (χ0) is 47.0. The fourth-order valence-corrected chi connectivity index (χ4v) is 7.18. The summed E-state index contributed by atoms with van der Waals surface area (Å²) >= 11 is 0. The van der Waals surface area contributed by atoms with Gasteiger partial charge in [-0.3, -0.25) is 28.8 Å². The minimum atomic E-state index is -0.890. The number of ketones is 4. The van der Waals surface area contributed by atoms with Gasteiger partial charge in [-0.05, 0) is 91.9 Å². The summed E-state index contributed by atoms with van der Waals surface area (Å²) in [4.78, 5) is 73.3. The fraction of sp³-hybridized carbons (Fsp3) is 0.577. The number of Topliss-reactive ketones (excluding diaryl/α,β-unsaturated/α-hetero) is 4. The summed E-state index contributed by atoms with van der Waals surface area (Å²) in [5, 5.41) is 12.2. The van der Waals surface area contributed by atoms with E-state index in [2.05, 4.69) is 65.8 Å². The first-order valence-electron chi connectivity index (χ1n) is 22.2. The van der Waals surface area contributed by atoms with Crippen LogP contribution in [-0.4, -0.2) is 52.2 Å². The molecule has 2 rings (SSSR count). The Morgan fingerprint density at radius 2 is 0.919 bits per heavy atom. The van der Waals surface area contributed by atoms with Crippen molar-refractivity contribution in [3.05, 3.63) is 96.1 Å². The third-order valence-electron chi connectivity index (χ3n) is 10.3. The Balaban J connectivity index is 0. The largest absolute Gasteiger partial charge is 1.00 e. The topological polar surface area (TPSA) is 162 Å². The molecule has 0 spiro atoms. The predicted octanol–water partition coefficient (Wildman–Crippen LogP) is 6.53. The highest BCUT2D eigenvalue weighted by Crippen LogP contribution is 2.22. The van der Waals surface area contributed by atoms with E-state index in [9.17, 15) is 33.9 Å². The molecule has 1 amide bonds. The van der Waals surface area contributed by atoms with Crippen molar-refractivity contribution in [1.82, 2.24) is 5.32 Å². The number of amides is 1. The van der Waals surface area contributed by atoms with Crippen molar-refractivity contribution < 1.29 is 52.0 Å². The van der Waals surface area contributed by atoms with E-state index in [1.807, 2.05) is 88.4 Å². The monoisotopic (exact) mass is 881 g/mol. The number of carbonyl (C=O) groups excluding carboxylic acids is 5. The van der Waals surface area contributed by atoms with Crippen molar-refractivity contribution in [1.29, 1.82) is 0 Å². The van der Waals surface area contributed by atoms with E-state index in [0.29, 0.717) is 48.2 Å². The van der Waals surface area contributed by atoms with E-state index < -0.39 is 23.8 Å². The van der Waals surface area contributed by atoms with Crippen LogP contribution in [0.15, 0.2) is 85.0 Å². The number of benzene rings is 2. The van der Waals surface area contributed by atoms with Gasteiger partial charge in [-0.1, -0.05) is 143 Å². The summed E-state index contributed by atoms with van der Waals surface area (Å²) in [6.45, 7) is 31.1. The maximum absolute atomic E-state index is 13.2. The highest BCUT2D eigenvalue weighted by Gasteiger charge is 2.30. The first kappa shape index (κ1) is 59.9. The molecule has 0 aliphatic carbocycles. The molecule has 0 aliphatic heterocycles. The normalized spacial score (nSPS) is 13.8. The third-order valence-corrected chi connectivity index (χ3v) is 10.3. The van der Waals surface area contributed by atoms with E-state index in [4.69, 9.17) is 0 Å². The summed E-state index contributed by atoms with van der Waals surface area (Å²) in [5.41, 5.74) is 6.81. The van der Waals surface area contributed by atoms with Crippen LogP contribution in [0, 0.1) is 47.3 Å². The first-order chi connectivity index (χ1) is 28.3. The number of quaternary nitrogens is 1. The van der Waals surface area contributed by atoms with Crippen LogP contribution in [0.1, 0.15) is 133 Å². The van der Waals surface area contributed by atoms with Crippen molar-refractivity contribution in [2.75, 3.05) is 0 Å². The van der Waals surface area contributed by atoms with Crippen LogP contribution in [-0.2, 0) is 41.6 Å². The number of rotatable bonds is 25. The number of carboxylic acids is 1. The molecular weight excluding hydrogens is 800 g/mol. The highest BCUT2D eigenvalue weighted by atomic mass is 35.5. The molecule has 0 radical (unpaired) electrons. The van der Waals surface area contributed by atoms with E-state index >= 15 is 0 Å². The van der Waals surface area contributed by atoms with E-state index in [-0.39, 0.29) is 78.1 Å². The minimum Gasteiger partial charge on any atom is -1.00 e. The van der Waals surface area contributed by atoms with Gasteiger partial charge < -0.3 is 28.6 Å². The second kappa shape index (κ2) is 31.6. The summed E-state index contributed by atoms with van der Waals surface area (Å²) in [5.74, 6) is -0.626. The molecule has 2 aromatic carbocycles. The van der Waals surface area contributed by atoms with E-state index in [1.54, 1.807) is 13.8 Å². The quantitative estimate of drug-likeness (QED) is 0.0957. The molecule has 0 heterocycles. The van der Waals surface area contributed by atoms with Crippen LogP contribution in [0.4, 0.5) is 0 Å². The van der Waals surface area contributed by atoms with Crippen LogP contribution in [0.5, 0.6) is 0 Å². The number of hydrogen-bond acceptors (Lipinski definition) is 6. The Kier molecular flexibility index (Phi) is 30.5.